The van der Waals surface area contributed by atoms with Crippen molar-refractivity contribution in [1.82, 2.24) is 10.3 Å². The second kappa shape index (κ2) is 9.52. The molecule has 2 amide bonds. The van der Waals surface area contributed by atoms with Gasteiger partial charge in [-0.1, -0.05) is 41.7 Å². The van der Waals surface area contributed by atoms with E-state index in [4.69, 9.17) is 9.15 Å². The zero-order valence-corrected chi connectivity index (χ0v) is 19.4. The molecule has 1 aliphatic heterocycles. The average molecular weight is 480 g/mol. The number of rotatable bonds is 6. The van der Waals surface area contributed by atoms with E-state index in [0.29, 0.717) is 41.9 Å². The lowest BCUT2D eigenvalue weighted by atomic mass is 9.74. The number of hydrogen-bond acceptors (Lipinski definition) is 7. The number of furan rings is 1. The van der Waals surface area contributed by atoms with Crippen LogP contribution in [-0.4, -0.2) is 42.3 Å². The molecule has 34 heavy (non-hydrogen) atoms. The first kappa shape index (κ1) is 22.5. The molecule has 0 saturated carbocycles. The number of carbonyl (C=O) groups is 3. The highest BCUT2D eigenvalue weighted by Crippen LogP contribution is 2.35. The van der Waals surface area contributed by atoms with Crippen LogP contribution in [0.1, 0.15) is 50.7 Å². The van der Waals surface area contributed by atoms with Gasteiger partial charge in [-0.05, 0) is 30.5 Å². The molecule has 0 spiro atoms. The Labute approximate surface area is 200 Å². The molecule has 8 nitrogen and oxygen atoms in total. The summed E-state index contributed by atoms with van der Waals surface area (Å²) in [6.45, 7) is 1.81. The molecule has 1 saturated heterocycles. The van der Waals surface area contributed by atoms with E-state index < -0.39 is 11.8 Å². The van der Waals surface area contributed by atoms with E-state index in [9.17, 15) is 14.4 Å². The summed E-state index contributed by atoms with van der Waals surface area (Å²) in [6.07, 6.45) is 3.57. The monoisotopic (exact) mass is 479 g/mol. The molecule has 3 aromatic rings. The van der Waals surface area contributed by atoms with Crippen molar-refractivity contribution in [3.05, 3.63) is 70.6 Å². The molecule has 2 aromatic heterocycles. The molecule has 0 radical (unpaired) electrons. The molecule has 1 atom stereocenters. The maximum absolute atomic E-state index is 13.1. The molecule has 1 aromatic carbocycles. The number of ketones is 1. The van der Waals surface area contributed by atoms with Crippen LogP contribution in [0.3, 0.4) is 0 Å². The van der Waals surface area contributed by atoms with Crippen molar-refractivity contribution in [3.8, 4) is 0 Å². The first-order valence-electron chi connectivity index (χ1n) is 11.3. The van der Waals surface area contributed by atoms with Crippen LogP contribution in [-0.2, 0) is 21.4 Å². The van der Waals surface area contributed by atoms with Gasteiger partial charge in [0.25, 0.3) is 5.91 Å². The molecule has 0 unspecified atom stereocenters. The third-order valence-electron chi connectivity index (χ3n) is 6.60. The van der Waals surface area contributed by atoms with Gasteiger partial charge in [-0.25, -0.2) is 4.98 Å². The van der Waals surface area contributed by atoms with Crippen LogP contribution in [0.15, 0.2) is 53.1 Å². The van der Waals surface area contributed by atoms with Crippen LogP contribution in [0.2, 0.25) is 0 Å². The van der Waals surface area contributed by atoms with Crippen molar-refractivity contribution >= 4 is 34.1 Å². The zero-order valence-electron chi connectivity index (χ0n) is 18.5. The second-order valence-corrected chi connectivity index (χ2v) is 9.73. The van der Waals surface area contributed by atoms with Gasteiger partial charge in [0.1, 0.15) is 0 Å². The largest absolute Gasteiger partial charge is 0.459 e. The van der Waals surface area contributed by atoms with Crippen LogP contribution >= 0.6 is 11.3 Å². The Kier molecular flexibility index (Phi) is 6.30. The maximum atomic E-state index is 13.1. The van der Waals surface area contributed by atoms with Gasteiger partial charge in [0.05, 0.1) is 22.8 Å². The van der Waals surface area contributed by atoms with E-state index in [-0.39, 0.29) is 29.3 Å². The molecule has 9 heteroatoms. The number of nitrogens with one attached hydrogen (secondary N) is 2. The minimum atomic E-state index is -0.483. The minimum Gasteiger partial charge on any atom is -0.459 e. The van der Waals surface area contributed by atoms with Crippen molar-refractivity contribution in [3.63, 3.8) is 0 Å². The van der Waals surface area contributed by atoms with Gasteiger partial charge in [-0.2, -0.15) is 0 Å². The van der Waals surface area contributed by atoms with E-state index in [2.05, 4.69) is 27.8 Å². The SMILES string of the molecule is O=C(Nc1nc2c(s1)C(=O)C[C@@H](C(=O)NCC1(c3ccccc3)CCOCC1)C2)c1ccco1. The highest BCUT2D eigenvalue weighted by atomic mass is 32.1. The lowest BCUT2D eigenvalue weighted by molar-refractivity contribution is -0.125. The number of thiazole rings is 1. The van der Waals surface area contributed by atoms with Gasteiger partial charge in [-0.3, -0.25) is 19.7 Å². The Morgan fingerprint density at radius 2 is 1.88 bits per heavy atom. The third-order valence-corrected chi connectivity index (χ3v) is 7.65. The quantitative estimate of drug-likeness (QED) is 0.559. The lowest BCUT2D eigenvalue weighted by Gasteiger charge is -2.38. The molecule has 1 aliphatic carbocycles. The predicted molar refractivity (Wildman–Crippen MR) is 126 cm³/mol. The number of benzene rings is 1. The van der Waals surface area contributed by atoms with Crippen molar-refractivity contribution in [1.29, 1.82) is 0 Å². The van der Waals surface area contributed by atoms with Crippen molar-refractivity contribution in [2.45, 2.75) is 31.1 Å². The fourth-order valence-corrected chi connectivity index (χ4v) is 5.59. The van der Waals surface area contributed by atoms with E-state index in [1.165, 1.54) is 11.8 Å². The number of ether oxygens (including phenoxy) is 1. The standard InChI is InChI=1S/C25H25N3O5S/c29-19-14-16(13-18-21(19)34-24(27-18)28-23(31)20-7-4-10-33-20)22(30)26-15-25(8-11-32-12-9-25)17-5-2-1-3-6-17/h1-7,10,16H,8-9,11-15H2,(H,26,30)(H,27,28,31)/t16-/m0/s1. The topological polar surface area (TPSA) is 111 Å². The van der Waals surface area contributed by atoms with E-state index in [0.717, 1.165) is 24.2 Å². The predicted octanol–water partition coefficient (Wildman–Crippen LogP) is 3.60. The number of hydrogen-bond donors (Lipinski definition) is 2. The number of anilines is 1. The lowest BCUT2D eigenvalue weighted by Crippen LogP contribution is -2.46. The number of carbonyl (C=O) groups excluding carboxylic acids is 3. The third kappa shape index (κ3) is 4.53. The number of nitrogens with zero attached hydrogens (tertiary/aromatic N) is 1. The number of amides is 2. The van der Waals surface area contributed by atoms with Gasteiger partial charge in [0, 0.05) is 38.0 Å². The average Bonchev–Trinajstić information content (AvgIpc) is 3.54. The van der Waals surface area contributed by atoms with Crippen LogP contribution in [0.5, 0.6) is 0 Å². The Morgan fingerprint density at radius 3 is 2.62 bits per heavy atom. The molecule has 2 aliphatic rings. The smallest absolute Gasteiger partial charge is 0.293 e. The first-order chi connectivity index (χ1) is 16.5. The highest BCUT2D eigenvalue weighted by Gasteiger charge is 2.37. The molecule has 1 fully saturated rings. The summed E-state index contributed by atoms with van der Waals surface area (Å²) in [7, 11) is 0. The summed E-state index contributed by atoms with van der Waals surface area (Å²) < 4.78 is 10.7. The van der Waals surface area contributed by atoms with Crippen LogP contribution < -0.4 is 10.6 Å². The van der Waals surface area contributed by atoms with Crippen LogP contribution in [0, 0.1) is 5.92 Å². The maximum Gasteiger partial charge on any atom is 0.293 e. The zero-order chi connectivity index (χ0) is 23.5. The summed E-state index contributed by atoms with van der Waals surface area (Å²) in [4.78, 5) is 43.0. The summed E-state index contributed by atoms with van der Waals surface area (Å²) >= 11 is 1.14. The van der Waals surface area contributed by atoms with E-state index in [1.807, 2.05) is 18.2 Å². The second-order valence-electron chi connectivity index (χ2n) is 8.73. The number of aromatic nitrogens is 1. The minimum absolute atomic E-state index is 0.124. The first-order valence-corrected chi connectivity index (χ1v) is 12.1. The Bertz CT molecular complexity index is 1180. The Hall–Kier alpha value is -3.30. The molecule has 2 N–H and O–H groups in total. The van der Waals surface area contributed by atoms with Gasteiger partial charge in [0.15, 0.2) is 16.7 Å². The molecule has 5 rings (SSSR count). The van der Waals surface area contributed by atoms with Crippen LogP contribution in [0.4, 0.5) is 5.13 Å². The summed E-state index contributed by atoms with van der Waals surface area (Å²) in [6, 6.07) is 13.4. The number of Topliss-reactive ketones (excluding diaryl/α,β-unsaturated/α-hetero) is 1. The summed E-state index contributed by atoms with van der Waals surface area (Å²) in [5.74, 6) is -1.02. The molecular weight excluding hydrogens is 454 g/mol. The van der Waals surface area contributed by atoms with E-state index in [1.54, 1.807) is 12.1 Å². The summed E-state index contributed by atoms with van der Waals surface area (Å²) in [5, 5.41) is 6.11. The van der Waals surface area contributed by atoms with Crippen molar-refractivity contribution in [2.75, 3.05) is 25.1 Å². The Morgan fingerprint density at radius 1 is 1.09 bits per heavy atom. The highest BCUT2D eigenvalue weighted by molar-refractivity contribution is 7.17. The number of fused-ring (bicyclic) bond motifs is 1. The van der Waals surface area contributed by atoms with Gasteiger partial charge in [0.2, 0.25) is 5.91 Å². The van der Waals surface area contributed by atoms with Crippen LogP contribution in [0.25, 0.3) is 0 Å². The molecule has 3 heterocycles. The van der Waals surface area contributed by atoms with Crippen molar-refractivity contribution < 1.29 is 23.5 Å². The van der Waals surface area contributed by atoms with Gasteiger partial charge >= 0.3 is 0 Å². The van der Waals surface area contributed by atoms with Gasteiger partial charge in [-0.15, -0.1) is 0 Å². The van der Waals surface area contributed by atoms with Gasteiger partial charge < -0.3 is 14.5 Å². The summed E-state index contributed by atoms with van der Waals surface area (Å²) in [5.41, 5.74) is 1.57. The fourth-order valence-electron chi connectivity index (χ4n) is 4.66. The van der Waals surface area contributed by atoms with Crippen molar-refractivity contribution in [2.24, 2.45) is 5.92 Å². The fraction of sp³-hybridized carbons (Fsp3) is 0.360. The van der Waals surface area contributed by atoms with E-state index >= 15 is 0 Å². The molecule has 0 bridgehead atoms. The Balaban J connectivity index is 1.26. The molecular formula is C25H25N3O5S. The molecule has 176 valence electrons. The normalized spacial score (nSPS) is 19.3.